The van der Waals surface area contributed by atoms with E-state index in [0.717, 1.165) is 18.7 Å². The molecule has 3 N–H and O–H groups in total. The van der Waals surface area contributed by atoms with Gasteiger partial charge in [0.05, 0.1) is 5.69 Å². The molecule has 1 aromatic rings. The third-order valence-corrected chi connectivity index (χ3v) is 3.54. The molecule has 98 valence electrons. The zero-order chi connectivity index (χ0) is 13.0. The summed E-state index contributed by atoms with van der Waals surface area (Å²) < 4.78 is 0. The molecule has 5 nitrogen and oxygen atoms in total. The van der Waals surface area contributed by atoms with Crippen LogP contribution >= 0.6 is 0 Å². The number of nitrogens with two attached hydrogens (primary N) is 1. The summed E-state index contributed by atoms with van der Waals surface area (Å²) in [6, 6.07) is 4.41. The number of aromatic nitrogens is 1. The highest BCUT2D eigenvalue weighted by molar-refractivity contribution is 6.00. The predicted octanol–water partition coefficient (Wildman–Crippen LogP) is 1.94. The number of pyridine rings is 1. The fraction of sp³-hybridized carbons (Fsp3) is 0.538. The molecule has 1 unspecified atom stereocenters. The molecular formula is C13H20N4O. The Balaban J connectivity index is 2.37. The highest BCUT2D eigenvalue weighted by atomic mass is 16.4. The molecule has 5 heteroatoms. The summed E-state index contributed by atoms with van der Waals surface area (Å²) in [4.78, 5) is 6.57. The molecule has 0 amide bonds. The van der Waals surface area contributed by atoms with Gasteiger partial charge in [0, 0.05) is 18.8 Å². The Bertz CT molecular complexity index is 433. The van der Waals surface area contributed by atoms with E-state index < -0.39 is 0 Å². The highest BCUT2D eigenvalue weighted by Gasteiger charge is 2.24. The Kier molecular flexibility index (Phi) is 4.02. The van der Waals surface area contributed by atoms with E-state index in [2.05, 4.69) is 22.0 Å². The maximum Gasteiger partial charge on any atom is 0.190 e. The van der Waals surface area contributed by atoms with Crippen LogP contribution in [0.2, 0.25) is 0 Å². The second-order valence-corrected chi connectivity index (χ2v) is 4.61. The molecule has 0 spiro atoms. The van der Waals surface area contributed by atoms with Gasteiger partial charge in [-0.3, -0.25) is 4.98 Å². The standard InChI is InChI=1S/C13H20N4O/c1-2-10-6-3-4-9-17(10)11-7-5-8-15-12(11)13(14)16-18/h5,7-8,10,18H,2-4,6,9H2,1H3,(H2,14,16). The van der Waals surface area contributed by atoms with Crippen LogP contribution < -0.4 is 10.6 Å². The maximum atomic E-state index is 8.84. The lowest BCUT2D eigenvalue weighted by Crippen LogP contribution is -2.40. The van der Waals surface area contributed by atoms with Crippen LogP contribution in [-0.4, -0.2) is 28.6 Å². The van der Waals surface area contributed by atoms with E-state index in [9.17, 15) is 0 Å². The van der Waals surface area contributed by atoms with Crippen molar-refractivity contribution in [3.8, 4) is 0 Å². The normalized spacial score (nSPS) is 21.1. The topological polar surface area (TPSA) is 74.7 Å². The molecule has 0 saturated carbocycles. The minimum absolute atomic E-state index is 0.0750. The summed E-state index contributed by atoms with van der Waals surface area (Å²) >= 11 is 0. The van der Waals surface area contributed by atoms with Crippen molar-refractivity contribution in [2.75, 3.05) is 11.4 Å². The van der Waals surface area contributed by atoms with Crippen LogP contribution in [0.25, 0.3) is 0 Å². The Hall–Kier alpha value is -1.78. The van der Waals surface area contributed by atoms with Crippen LogP contribution in [0.15, 0.2) is 23.5 Å². The molecule has 1 saturated heterocycles. The number of amidine groups is 1. The second kappa shape index (κ2) is 5.71. The van der Waals surface area contributed by atoms with Gasteiger partial charge in [0.25, 0.3) is 0 Å². The van der Waals surface area contributed by atoms with Crippen LogP contribution in [0.4, 0.5) is 5.69 Å². The third-order valence-electron chi connectivity index (χ3n) is 3.54. The fourth-order valence-electron chi connectivity index (χ4n) is 2.62. The zero-order valence-electron chi connectivity index (χ0n) is 10.7. The Labute approximate surface area is 107 Å². The first-order valence-corrected chi connectivity index (χ1v) is 6.47. The number of piperidine rings is 1. The number of hydrogen-bond acceptors (Lipinski definition) is 4. The van der Waals surface area contributed by atoms with Crippen molar-refractivity contribution in [1.82, 2.24) is 4.98 Å². The molecule has 0 aromatic carbocycles. The Morgan fingerprint density at radius 1 is 1.61 bits per heavy atom. The van der Waals surface area contributed by atoms with Crippen molar-refractivity contribution in [3.63, 3.8) is 0 Å². The van der Waals surface area contributed by atoms with Gasteiger partial charge in [-0.05, 0) is 37.8 Å². The molecule has 1 fully saturated rings. The van der Waals surface area contributed by atoms with Gasteiger partial charge in [0.2, 0.25) is 0 Å². The third kappa shape index (κ3) is 2.39. The van der Waals surface area contributed by atoms with Crippen molar-refractivity contribution < 1.29 is 5.21 Å². The summed E-state index contributed by atoms with van der Waals surface area (Å²) in [6.45, 7) is 3.21. The van der Waals surface area contributed by atoms with Crippen molar-refractivity contribution >= 4 is 11.5 Å². The molecule has 0 bridgehead atoms. The van der Waals surface area contributed by atoms with Gasteiger partial charge in [-0.25, -0.2) is 0 Å². The summed E-state index contributed by atoms with van der Waals surface area (Å²) in [7, 11) is 0. The van der Waals surface area contributed by atoms with E-state index in [1.54, 1.807) is 6.20 Å². The largest absolute Gasteiger partial charge is 0.409 e. The van der Waals surface area contributed by atoms with Crippen LogP contribution in [0.3, 0.4) is 0 Å². The molecule has 1 atom stereocenters. The number of hydrogen-bond donors (Lipinski definition) is 2. The molecule has 1 aliphatic heterocycles. The van der Waals surface area contributed by atoms with Gasteiger partial charge in [-0.15, -0.1) is 0 Å². The SMILES string of the molecule is CCC1CCCCN1c1cccnc1/C(N)=N/O. The summed E-state index contributed by atoms with van der Waals surface area (Å²) in [6.07, 6.45) is 6.42. The van der Waals surface area contributed by atoms with Gasteiger partial charge in [0.15, 0.2) is 5.84 Å². The molecule has 1 aromatic heterocycles. The smallest absolute Gasteiger partial charge is 0.190 e. The van der Waals surface area contributed by atoms with Gasteiger partial charge in [-0.1, -0.05) is 12.1 Å². The van der Waals surface area contributed by atoms with Gasteiger partial charge in [0.1, 0.15) is 5.69 Å². The van der Waals surface area contributed by atoms with E-state index in [1.807, 2.05) is 12.1 Å². The zero-order valence-corrected chi connectivity index (χ0v) is 10.7. The minimum Gasteiger partial charge on any atom is -0.409 e. The fourth-order valence-corrected chi connectivity index (χ4v) is 2.62. The lowest BCUT2D eigenvalue weighted by molar-refractivity contribution is 0.318. The van der Waals surface area contributed by atoms with Crippen molar-refractivity contribution in [2.45, 2.75) is 38.6 Å². The monoisotopic (exact) mass is 248 g/mol. The Morgan fingerprint density at radius 2 is 2.44 bits per heavy atom. The van der Waals surface area contributed by atoms with Gasteiger partial charge >= 0.3 is 0 Å². The van der Waals surface area contributed by atoms with Crippen LogP contribution in [0.5, 0.6) is 0 Å². The number of anilines is 1. The maximum absolute atomic E-state index is 8.84. The lowest BCUT2D eigenvalue weighted by atomic mass is 9.99. The van der Waals surface area contributed by atoms with E-state index in [-0.39, 0.29) is 5.84 Å². The quantitative estimate of drug-likeness (QED) is 0.371. The van der Waals surface area contributed by atoms with Gasteiger partial charge in [-0.2, -0.15) is 0 Å². The molecule has 2 heterocycles. The molecule has 18 heavy (non-hydrogen) atoms. The average molecular weight is 248 g/mol. The first kappa shape index (κ1) is 12.7. The van der Waals surface area contributed by atoms with Crippen LogP contribution in [0.1, 0.15) is 38.3 Å². The number of nitrogens with zero attached hydrogens (tertiary/aromatic N) is 3. The first-order valence-electron chi connectivity index (χ1n) is 6.47. The van der Waals surface area contributed by atoms with Crippen molar-refractivity contribution in [1.29, 1.82) is 0 Å². The molecule has 0 radical (unpaired) electrons. The lowest BCUT2D eigenvalue weighted by Gasteiger charge is -2.37. The van der Waals surface area contributed by atoms with Crippen molar-refractivity contribution in [2.24, 2.45) is 10.9 Å². The molecule has 0 aliphatic carbocycles. The van der Waals surface area contributed by atoms with E-state index in [1.165, 1.54) is 19.3 Å². The van der Waals surface area contributed by atoms with E-state index in [4.69, 9.17) is 10.9 Å². The van der Waals surface area contributed by atoms with E-state index in [0.29, 0.717) is 11.7 Å². The summed E-state index contributed by atoms with van der Waals surface area (Å²) in [5, 5.41) is 11.9. The Morgan fingerprint density at radius 3 is 3.17 bits per heavy atom. The molecule has 1 aliphatic rings. The highest BCUT2D eigenvalue weighted by Crippen LogP contribution is 2.28. The van der Waals surface area contributed by atoms with Crippen molar-refractivity contribution in [3.05, 3.63) is 24.0 Å². The molecule has 2 rings (SSSR count). The number of rotatable bonds is 3. The van der Waals surface area contributed by atoms with E-state index >= 15 is 0 Å². The number of oxime groups is 1. The van der Waals surface area contributed by atoms with Crippen LogP contribution in [0, 0.1) is 0 Å². The minimum atomic E-state index is 0.0750. The summed E-state index contributed by atoms with van der Waals surface area (Å²) in [5.41, 5.74) is 7.24. The first-order chi connectivity index (χ1) is 8.77. The summed E-state index contributed by atoms with van der Waals surface area (Å²) in [5.74, 6) is 0.0750. The average Bonchev–Trinajstić information content (AvgIpc) is 2.46. The van der Waals surface area contributed by atoms with Crippen LogP contribution in [-0.2, 0) is 0 Å². The van der Waals surface area contributed by atoms with Gasteiger partial charge < -0.3 is 15.8 Å². The molecular weight excluding hydrogens is 228 g/mol. The predicted molar refractivity (Wildman–Crippen MR) is 72.0 cm³/mol. The second-order valence-electron chi connectivity index (χ2n) is 4.61.